The van der Waals surface area contributed by atoms with Crippen molar-refractivity contribution in [2.24, 2.45) is 0 Å². The summed E-state index contributed by atoms with van der Waals surface area (Å²) in [6.45, 7) is 4.46. The molecule has 1 aliphatic rings. The lowest BCUT2D eigenvalue weighted by atomic mass is 10.0. The molecule has 1 fully saturated rings. The van der Waals surface area contributed by atoms with Crippen molar-refractivity contribution < 1.29 is 4.92 Å². The maximum Gasteiger partial charge on any atom is 0.270 e. The number of nitrogens with zero attached hydrogens (tertiary/aromatic N) is 3. The van der Waals surface area contributed by atoms with Gasteiger partial charge >= 0.3 is 0 Å². The molecule has 1 aromatic heterocycles. The van der Waals surface area contributed by atoms with E-state index < -0.39 is 0 Å². The van der Waals surface area contributed by atoms with Crippen molar-refractivity contribution in [3.05, 3.63) is 64.8 Å². The van der Waals surface area contributed by atoms with Crippen LogP contribution in [-0.2, 0) is 6.54 Å². The van der Waals surface area contributed by atoms with E-state index in [9.17, 15) is 10.1 Å². The molecule has 0 aliphatic carbocycles. The fourth-order valence-electron chi connectivity index (χ4n) is 3.71. The predicted octanol–water partition coefficient (Wildman–Crippen LogP) is 4.31. The third-order valence-electron chi connectivity index (χ3n) is 5.04. The molecule has 4 rings (SSSR count). The fourth-order valence-corrected chi connectivity index (χ4v) is 3.71. The summed E-state index contributed by atoms with van der Waals surface area (Å²) in [7, 11) is 0. The Morgan fingerprint density at radius 3 is 2.60 bits per heavy atom. The summed E-state index contributed by atoms with van der Waals surface area (Å²) in [5.41, 5.74) is 3.24. The summed E-state index contributed by atoms with van der Waals surface area (Å²) in [5.74, 6) is 0. The van der Waals surface area contributed by atoms with Crippen molar-refractivity contribution in [1.82, 2.24) is 9.47 Å². The molecule has 128 valence electrons. The molecule has 5 nitrogen and oxygen atoms in total. The van der Waals surface area contributed by atoms with E-state index in [1.807, 2.05) is 18.2 Å². The van der Waals surface area contributed by atoms with E-state index in [0.29, 0.717) is 0 Å². The number of fused-ring (bicyclic) bond motifs is 1. The van der Waals surface area contributed by atoms with Gasteiger partial charge in [-0.2, -0.15) is 0 Å². The molecule has 5 heteroatoms. The third kappa shape index (κ3) is 3.15. The van der Waals surface area contributed by atoms with Crippen LogP contribution in [0.5, 0.6) is 0 Å². The Morgan fingerprint density at radius 1 is 1.00 bits per heavy atom. The lowest BCUT2D eigenvalue weighted by Gasteiger charge is -2.15. The number of aromatic nitrogens is 1. The standard InChI is InChI=1S/C20H21N3O2/c24-23(25)17-6-3-5-16(15-17)18-7-4-8-20-19(18)9-12-22(20)14-13-21-10-1-2-11-21/h3-9,12,15H,1-2,10-11,13-14H2. The number of likely N-dealkylation sites (tertiary alicyclic amines) is 1. The fraction of sp³-hybridized carbons (Fsp3) is 0.300. The van der Waals surface area contributed by atoms with Gasteiger partial charge in [0.2, 0.25) is 0 Å². The molecule has 0 N–H and O–H groups in total. The molecule has 2 heterocycles. The van der Waals surface area contributed by atoms with Crippen molar-refractivity contribution in [3.8, 4) is 11.1 Å². The monoisotopic (exact) mass is 335 g/mol. The first-order valence-corrected chi connectivity index (χ1v) is 8.77. The topological polar surface area (TPSA) is 51.3 Å². The zero-order valence-corrected chi connectivity index (χ0v) is 14.1. The van der Waals surface area contributed by atoms with Crippen LogP contribution in [0.4, 0.5) is 5.69 Å². The van der Waals surface area contributed by atoms with Gasteiger partial charge in [0.1, 0.15) is 0 Å². The van der Waals surface area contributed by atoms with Crippen molar-refractivity contribution in [2.45, 2.75) is 19.4 Å². The summed E-state index contributed by atoms with van der Waals surface area (Å²) >= 11 is 0. The molecule has 3 aromatic rings. The van der Waals surface area contributed by atoms with Gasteiger partial charge in [0, 0.05) is 42.3 Å². The van der Waals surface area contributed by atoms with E-state index in [0.717, 1.165) is 29.6 Å². The number of hydrogen-bond acceptors (Lipinski definition) is 3. The number of benzene rings is 2. The Kier molecular flexibility index (Phi) is 4.24. The van der Waals surface area contributed by atoms with Crippen LogP contribution in [-0.4, -0.2) is 34.0 Å². The van der Waals surface area contributed by atoms with Crippen LogP contribution in [0.25, 0.3) is 22.0 Å². The number of non-ortho nitro benzene ring substituents is 1. The summed E-state index contributed by atoms with van der Waals surface area (Å²) in [6.07, 6.45) is 4.74. The predicted molar refractivity (Wildman–Crippen MR) is 99.7 cm³/mol. The molecular formula is C20H21N3O2. The summed E-state index contributed by atoms with van der Waals surface area (Å²) < 4.78 is 2.29. The summed E-state index contributed by atoms with van der Waals surface area (Å²) in [6, 6.07) is 15.2. The van der Waals surface area contributed by atoms with Crippen molar-refractivity contribution >= 4 is 16.6 Å². The van der Waals surface area contributed by atoms with Gasteiger partial charge in [-0.25, -0.2) is 0 Å². The zero-order chi connectivity index (χ0) is 17.2. The van der Waals surface area contributed by atoms with Crippen LogP contribution in [0.3, 0.4) is 0 Å². The molecule has 1 aliphatic heterocycles. The molecule has 0 unspecified atom stereocenters. The molecule has 0 saturated carbocycles. The van der Waals surface area contributed by atoms with Gasteiger partial charge < -0.3 is 9.47 Å². The lowest BCUT2D eigenvalue weighted by molar-refractivity contribution is -0.384. The Labute approximate surface area is 146 Å². The Bertz CT molecular complexity index is 910. The Hall–Kier alpha value is -2.66. The van der Waals surface area contributed by atoms with Gasteiger partial charge in [0.25, 0.3) is 5.69 Å². The average molecular weight is 335 g/mol. The first kappa shape index (κ1) is 15.8. The van der Waals surface area contributed by atoms with E-state index in [-0.39, 0.29) is 10.6 Å². The third-order valence-corrected chi connectivity index (χ3v) is 5.04. The Morgan fingerprint density at radius 2 is 1.80 bits per heavy atom. The van der Waals surface area contributed by atoms with Gasteiger partial charge in [0.15, 0.2) is 0 Å². The SMILES string of the molecule is O=[N+]([O-])c1cccc(-c2cccc3c2ccn3CCN2CCCC2)c1. The minimum atomic E-state index is -0.342. The second-order valence-electron chi connectivity index (χ2n) is 6.60. The summed E-state index contributed by atoms with van der Waals surface area (Å²) in [5, 5.41) is 12.2. The highest BCUT2D eigenvalue weighted by molar-refractivity contribution is 5.95. The number of hydrogen-bond donors (Lipinski definition) is 0. The molecule has 0 bridgehead atoms. The highest BCUT2D eigenvalue weighted by Crippen LogP contribution is 2.31. The molecular weight excluding hydrogens is 314 g/mol. The molecule has 0 atom stereocenters. The van der Waals surface area contributed by atoms with Crippen LogP contribution in [0.1, 0.15) is 12.8 Å². The maximum absolute atomic E-state index is 11.1. The second-order valence-corrected chi connectivity index (χ2v) is 6.60. The largest absolute Gasteiger partial charge is 0.346 e. The van der Waals surface area contributed by atoms with Crippen molar-refractivity contribution in [1.29, 1.82) is 0 Å². The normalized spacial score (nSPS) is 15.0. The number of rotatable bonds is 5. The minimum Gasteiger partial charge on any atom is -0.346 e. The first-order chi connectivity index (χ1) is 12.2. The molecule has 1 saturated heterocycles. The molecule has 0 amide bonds. The zero-order valence-electron chi connectivity index (χ0n) is 14.1. The van der Waals surface area contributed by atoms with Crippen LogP contribution in [0, 0.1) is 10.1 Å². The van der Waals surface area contributed by atoms with Gasteiger partial charge in [-0.15, -0.1) is 0 Å². The van der Waals surface area contributed by atoms with E-state index >= 15 is 0 Å². The molecule has 2 aromatic carbocycles. The van der Waals surface area contributed by atoms with Crippen LogP contribution in [0.15, 0.2) is 54.7 Å². The lowest BCUT2D eigenvalue weighted by Crippen LogP contribution is -2.23. The van der Waals surface area contributed by atoms with Gasteiger partial charge in [-0.1, -0.05) is 24.3 Å². The quantitative estimate of drug-likeness (QED) is 0.515. The molecule has 0 spiro atoms. The first-order valence-electron chi connectivity index (χ1n) is 8.77. The van der Waals surface area contributed by atoms with E-state index in [1.54, 1.807) is 12.1 Å². The Balaban J connectivity index is 1.66. The van der Waals surface area contributed by atoms with E-state index in [4.69, 9.17) is 0 Å². The maximum atomic E-state index is 11.1. The van der Waals surface area contributed by atoms with Gasteiger partial charge in [-0.05, 0) is 49.2 Å². The van der Waals surface area contributed by atoms with Crippen molar-refractivity contribution in [3.63, 3.8) is 0 Å². The number of nitro groups is 1. The average Bonchev–Trinajstić information content (AvgIpc) is 3.29. The second kappa shape index (κ2) is 6.69. The van der Waals surface area contributed by atoms with Crippen molar-refractivity contribution in [2.75, 3.05) is 19.6 Å². The summed E-state index contributed by atoms with van der Waals surface area (Å²) in [4.78, 5) is 13.2. The van der Waals surface area contributed by atoms with Crippen LogP contribution >= 0.6 is 0 Å². The van der Waals surface area contributed by atoms with E-state index in [1.165, 1.54) is 37.5 Å². The van der Waals surface area contributed by atoms with Crippen LogP contribution in [0.2, 0.25) is 0 Å². The van der Waals surface area contributed by atoms with Gasteiger partial charge in [0.05, 0.1) is 4.92 Å². The van der Waals surface area contributed by atoms with Crippen LogP contribution < -0.4 is 0 Å². The smallest absolute Gasteiger partial charge is 0.270 e. The highest BCUT2D eigenvalue weighted by atomic mass is 16.6. The molecule has 25 heavy (non-hydrogen) atoms. The van der Waals surface area contributed by atoms with E-state index in [2.05, 4.69) is 27.8 Å². The molecule has 0 radical (unpaired) electrons. The highest BCUT2D eigenvalue weighted by Gasteiger charge is 2.13. The number of nitro benzene ring substituents is 1. The minimum absolute atomic E-state index is 0.128. The van der Waals surface area contributed by atoms with Gasteiger partial charge in [-0.3, -0.25) is 10.1 Å².